The van der Waals surface area contributed by atoms with Crippen LogP contribution in [0.2, 0.25) is 5.02 Å². The Morgan fingerprint density at radius 2 is 2.00 bits per heavy atom. The maximum absolute atomic E-state index is 13.0. The Labute approximate surface area is 101 Å². The lowest BCUT2D eigenvalue weighted by Crippen LogP contribution is -2.35. The van der Waals surface area contributed by atoms with Gasteiger partial charge in [-0.1, -0.05) is 11.6 Å². The molecule has 92 valence electrons. The van der Waals surface area contributed by atoms with Gasteiger partial charge in [0, 0.05) is 5.56 Å². The van der Waals surface area contributed by atoms with Gasteiger partial charge in [-0.3, -0.25) is 4.79 Å². The second-order valence-electron chi connectivity index (χ2n) is 3.54. The number of hydrogen-bond donors (Lipinski definition) is 0. The van der Waals surface area contributed by atoms with Gasteiger partial charge >= 0.3 is 0 Å². The van der Waals surface area contributed by atoms with Crippen molar-refractivity contribution in [2.45, 2.75) is 6.10 Å². The number of rotatable bonds is 2. The van der Waals surface area contributed by atoms with Crippen molar-refractivity contribution < 1.29 is 23.0 Å². The van der Waals surface area contributed by atoms with Crippen molar-refractivity contribution in [1.29, 1.82) is 0 Å². The van der Waals surface area contributed by atoms with Crippen molar-refractivity contribution in [3.63, 3.8) is 0 Å². The molecule has 6 heteroatoms. The predicted molar refractivity (Wildman–Crippen MR) is 56.3 cm³/mol. The smallest absolute Gasteiger partial charge is 0.195 e. The minimum atomic E-state index is -1.12. The highest BCUT2D eigenvalue weighted by atomic mass is 35.5. The molecule has 0 aromatic heterocycles. The molecule has 0 N–H and O–H groups in total. The first-order chi connectivity index (χ1) is 8.09. The molecule has 0 bridgehead atoms. The van der Waals surface area contributed by atoms with Crippen LogP contribution in [0.3, 0.4) is 0 Å². The minimum Gasteiger partial charge on any atom is -0.376 e. The van der Waals surface area contributed by atoms with E-state index in [0.29, 0.717) is 6.61 Å². The molecule has 0 amide bonds. The first-order valence-electron chi connectivity index (χ1n) is 4.97. The van der Waals surface area contributed by atoms with Gasteiger partial charge in [-0.25, -0.2) is 8.78 Å². The summed E-state index contributed by atoms with van der Waals surface area (Å²) in [7, 11) is 0. The second kappa shape index (κ2) is 5.08. The largest absolute Gasteiger partial charge is 0.376 e. The van der Waals surface area contributed by atoms with Crippen molar-refractivity contribution in [2.24, 2.45) is 0 Å². The van der Waals surface area contributed by atoms with Crippen LogP contribution in [0, 0.1) is 11.6 Å². The Morgan fingerprint density at radius 1 is 1.29 bits per heavy atom. The molecule has 1 aromatic carbocycles. The molecule has 0 radical (unpaired) electrons. The molecule has 0 saturated carbocycles. The normalized spacial score (nSPS) is 20.3. The number of Topliss-reactive ketones (excluding diaryl/α,β-unsaturated/α-hetero) is 1. The summed E-state index contributed by atoms with van der Waals surface area (Å²) in [6, 6.07) is 1.55. The van der Waals surface area contributed by atoms with E-state index >= 15 is 0 Å². The molecular formula is C11H9ClF2O3. The highest BCUT2D eigenvalue weighted by Crippen LogP contribution is 2.22. The van der Waals surface area contributed by atoms with Gasteiger partial charge in [-0.15, -0.1) is 0 Å². The number of carbonyl (C=O) groups excluding carboxylic acids is 1. The van der Waals surface area contributed by atoms with Crippen LogP contribution in [0.1, 0.15) is 10.4 Å². The van der Waals surface area contributed by atoms with Gasteiger partial charge in [0.15, 0.2) is 17.4 Å². The molecule has 1 atom stereocenters. The van der Waals surface area contributed by atoms with E-state index in [1.54, 1.807) is 0 Å². The molecule has 1 fully saturated rings. The van der Waals surface area contributed by atoms with Gasteiger partial charge in [0.05, 0.1) is 24.8 Å². The zero-order chi connectivity index (χ0) is 12.4. The van der Waals surface area contributed by atoms with Crippen LogP contribution in [0.5, 0.6) is 0 Å². The summed E-state index contributed by atoms with van der Waals surface area (Å²) < 4.78 is 36.1. The van der Waals surface area contributed by atoms with Crippen LogP contribution in [0.15, 0.2) is 12.1 Å². The number of ether oxygens (including phenoxy) is 2. The first kappa shape index (κ1) is 12.4. The number of halogens is 3. The van der Waals surface area contributed by atoms with E-state index in [1.165, 1.54) is 0 Å². The summed E-state index contributed by atoms with van der Waals surface area (Å²) in [5.74, 6) is -2.71. The van der Waals surface area contributed by atoms with Crippen LogP contribution in [-0.4, -0.2) is 31.7 Å². The summed E-state index contributed by atoms with van der Waals surface area (Å²) in [6.07, 6.45) is -0.814. The Balaban J connectivity index is 2.26. The Bertz CT molecular complexity index is 445. The standard InChI is InChI=1S/C11H9ClF2O3/c12-7-4-9(14)8(13)3-6(7)11(15)10-5-16-1-2-17-10/h3-4,10H,1-2,5H2. The van der Waals surface area contributed by atoms with Gasteiger partial charge in [0.1, 0.15) is 6.10 Å². The summed E-state index contributed by atoms with van der Waals surface area (Å²) >= 11 is 5.69. The minimum absolute atomic E-state index is 0.0914. The number of hydrogen-bond acceptors (Lipinski definition) is 3. The van der Waals surface area contributed by atoms with Crippen molar-refractivity contribution in [2.75, 3.05) is 19.8 Å². The van der Waals surface area contributed by atoms with E-state index in [-0.39, 0.29) is 23.8 Å². The molecule has 1 unspecified atom stereocenters. The van der Waals surface area contributed by atoms with E-state index in [2.05, 4.69) is 0 Å². The van der Waals surface area contributed by atoms with Crippen LogP contribution in [0.25, 0.3) is 0 Å². The molecule has 1 heterocycles. The Kier molecular flexibility index (Phi) is 3.71. The Hall–Kier alpha value is -1.04. The quantitative estimate of drug-likeness (QED) is 0.606. The fourth-order valence-electron chi connectivity index (χ4n) is 1.52. The van der Waals surface area contributed by atoms with Crippen molar-refractivity contribution in [3.05, 3.63) is 34.4 Å². The predicted octanol–water partition coefficient (Wildman–Crippen LogP) is 2.22. The van der Waals surface area contributed by atoms with E-state index in [1.807, 2.05) is 0 Å². The van der Waals surface area contributed by atoms with Gasteiger partial charge in [-0.2, -0.15) is 0 Å². The topological polar surface area (TPSA) is 35.5 Å². The molecule has 1 aliphatic heterocycles. The Morgan fingerprint density at radius 3 is 2.65 bits per heavy atom. The molecule has 1 aromatic rings. The third-order valence-electron chi connectivity index (χ3n) is 2.38. The highest BCUT2D eigenvalue weighted by molar-refractivity contribution is 6.34. The second-order valence-corrected chi connectivity index (χ2v) is 3.95. The van der Waals surface area contributed by atoms with Crippen LogP contribution in [0.4, 0.5) is 8.78 Å². The molecule has 0 aliphatic carbocycles. The monoisotopic (exact) mass is 262 g/mol. The molecule has 17 heavy (non-hydrogen) atoms. The van der Waals surface area contributed by atoms with E-state index in [0.717, 1.165) is 12.1 Å². The van der Waals surface area contributed by atoms with Gasteiger partial charge in [0.25, 0.3) is 0 Å². The zero-order valence-corrected chi connectivity index (χ0v) is 9.47. The molecule has 0 spiro atoms. The van der Waals surface area contributed by atoms with Crippen LogP contribution < -0.4 is 0 Å². The fraction of sp³-hybridized carbons (Fsp3) is 0.364. The van der Waals surface area contributed by atoms with Crippen molar-refractivity contribution in [1.82, 2.24) is 0 Å². The first-order valence-corrected chi connectivity index (χ1v) is 5.35. The molecule has 3 nitrogen and oxygen atoms in total. The van der Waals surface area contributed by atoms with Crippen molar-refractivity contribution >= 4 is 17.4 Å². The highest BCUT2D eigenvalue weighted by Gasteiger charge is 2.26. The molecule has 2 rings (SSSR count). The number of carbonyl (C=O) groups is 1. The van der Waals surface area contributed by atoms with E-state index in [4.69, 9.17) is 21.1 Å². The lowest BCUT2D eigenvalue weighted by Gasteiger charge is -2.22. The van der Waals surface area contributed by atoms with Crippen LogP contribution >= 0.6 is 11.6 Å². The van der Waals surface area contributed by atoms with Gasteiger partial charge < -0.3 is 9.47 Å². The lowest BCUT2D eigenvalue weighted by atomic mass is 10.1. The number of benzene rings is 1. The summed E-state index contributed by atoms with van der Waals surface area (Å²) in [5.41, 5.74) is -0.0962. The van der Waals surface area contributed by atoms with Crippen LogP contribution in [-0.2, 0) is 9.47 Å². The maximum Gasteiger partial charge on any atom is 0.195 e. The third-order valence-corrected chi connectivity index (χ3v) is 2.70. The SMILES string of the molecule is O=C(c1cc(F)c(F)cc1Cl)C1COCCO1. The van der Waals surface area contributed by atoms with E-state index in [9.17, 15) is 13.6 Å². The van der Waals surface area contributed by atoms with Gasteiger partial charge in [0.2, 0.25) is 0 Å². The summed E-state index contributed by atoms with van der Waals surface area (Å²) in [4.78, 5) is 11.9. The molecule has 1 saturated heterocycles. The zero-order valence-electron chi connectivity index (χ0n) is 8.71. The summed E-state index contributed by atoms with van der Waals surface area (Å²) in [5, 5.41) is -0.136. The molecular weight excluding hydrogens is 254 g/mol. The number of ketones is 1. The lowest BCUT2D eigenvalue weighted by molar-refractivity contribution is -0.0719. The third kappa shape index (κ3) is 2.62. The average molecular weight is 263 g/mol. The van der Waals surface area contributed by atoms with Gasteiger partial charge in [-0.05, 0) is 12.1 Å². The van der Waals surface area contributed by atoms with E-state index < -0.39 is 23.5 Å². The van der Waals surface area contributed by atoms with Crippen molar-refractivity contribution in [3.8, 4) is 0 Å². The fourth-order valence-corrected chi connectivity index (χ4v) is 1.77. The maximum atomic E-state index is 13.0. The molecule has 1 aliphatic rings. The summed E-state index contributed by atoms with van der Waals surface area (Å²) in [6.45, 7) is 0.793. The average Bonchev–Trinajstić information content (AvgIpc) is 2.34.